The number of nitrogens with one attached hydrogen (secondary N) is 2. The lowest BCUT2D eigenvalue weighted by molar-refractivity contribution is 0.579. The average molecular weight is 292 g/mol. The SMILES string of the molecule is CCNc1nc(Nc2ccc(F)c(C#N)c2)c(F)cc1F. The first-order chi connectivity index (χ1) is 10.0. The second kappa shape index (κ2) is 6.13. The van der Waals surface area contributed by atoms with Crippen LogP contribution in [0.25, 0.3) is 0 Å². The van der Waals surface area contributed by atoms with Crippen molar-refractivity contribution in [1.82, 2.24) is 4.98 Å². The monoisotopic (exact) mass is 292 g/mol. The lowest BCUT2D eigenvalue weighted by atomic mass is 10.2. The highest BCUT2D eigenvalue weighted by atomic mass is 19.1. The van der Waals surface area contributed by atoms with Crippen LogP contribution in [-0.4, -0.2) is 11.5 Å². The number of nitriles is 1. The first-order valence-electron chi connectivity index (χ1n) is 6.11. The molecule has 0 fully saturated rings. The molecule has 1 aromatic carbocycles. The van der Waals surface area contributed by atoms with E-state index in [9.17, 15) is 13.2 Å². The normalized spacial score (nSPS) is 10.0. The lowest BCUT2D eigenvalue weighted by Gasteiger charge is -2.10. The fraction of sp³-hybridized carbons (Fsp3) is 0.143. The van der Waals surface area contributed by atoms with E-state index in [1.54, 1.807) is 13.0 Å². The molecule has 0 aliphatic heterocycles. The van der Waals surface area contributed by atoms with Crippen molar-refractivity contribution in [2.75, 3.05) is 17.2 Å². The summed E-state index contributed by atoms with van der Waals surface area (Å²) in [6.45, 7) is 2.17. The standard InChI is InChI=1S/C14H11F3N4/c1-2-19-13-11(16)6-12(17)14(21-13)20-9-3-4-10(15)8(5-9)7-18/h3-6H,2H2,1H3,(H2,19,20,21). The number of nitrogens with zero attached hydrogens (tertiary/aromatic N) is 2. The molecule has 0 aliphatic carbocycles. The molecule has 0 bridgehead atoms. The number of hydrogen-bond acceptors (Lipinski definition) is 4. The van der Waals surface area contributed by atoms with Crippen molar-refractivity contribution >= 4 is 17.3 Å². The van der Waals surface area contributed by atoms with Gasteiger partial charge < -0.3 is 10.6 Å². The van der Waals surface area contributed by atoms with Gasteiger partial charge in [0.2, 0.25) is 0 Å². The van der Waals surface area contributed by atoms with Gasteiger partial charge in [0.1, 0.15) is 11.9 Å². The predicted molar refractivity (Wildman–Crippen MR) is 72.7 cm³/mol. The first-order valence-corrected chi connectivity index (χ1v) is 6.11. The molecule has 2 rings (SSSR count). The van der Waals surface area contributed by atoms with E-state index in [0.717, 1.165) is 6.07 Å². The minimum absolute atomic E-state index is 0.0935. The minimum atomic E-state index is -0.892. The van der Waals surface area contributed by atoms with Crippen molar-refractivity contribution in [3.8, 4) is 6.07 Å². The molecule has 0 saturated carbocycles. The third-order valence-corrected chi connectivity index (χ3v) is 2.62. The molecule has 1 aromatic heterocycles. The summed E-state index contributed by atoms with van der Waals surface area (Å²) in [5.74, 6) is -2.69. The second-order valence-corrected chi connectivity index (χ2v) is 4.11. The molecule has 7 heteroatoms. The molecular weight excluding hydrogens is 281 g/mol. The van der Waals surface area contributed by atoms with E-state index in [-0.39, 0.29) is 22.9 Å². The number of hydrogen-bond donors (Lipinski definition) is 2. The van der Waals surface area contributed by atoms with Gasteiger partial charge in [0.05, 0.1) is 5.56 Å². The molecule has 0 spiro atoms. The van der Waals surface area contributed by atoms with Gasteiger partial charge in [-0.15, -0.1) is 0 Å². The summed E-state index contributed by atoms with van der Waals surface area (Å²) >= 11 is 0. The number of halogens is 3. The quantitative estimate of drug-likeness (QED) is 0.904. The number of rotatable bonds is 4. The molecule has 21 heavy (non-hydrogen) atoms. The van der Waals surface area contributed by atoms with Gasteiger partial charge >= 0.3 is 0 Å². The molecule has 1 heterocycles. The van der Waals surface area contributed by atoms with E-state index < -0.39 is 17.5 Å². The molecule has 0 unspecified atom stereocenters. The van der Waals surface area contributed by atoms with Crippen LogP contribution in [0.4, 0.5) is 30.5 Å². The molecule has 0 amide bonds. The third kappa shape index (κ3) is 3.23. The summed E-state index contributed by atoms with van der Waals surface area (Å²) in [6, 6.07) is 5.99. The van der Waals surface area contributed by atoms with E-state index in [2.05, 4.69) is 15.6 Å². The molecule has 2 aromatic rings. The largest absolute Gasteiger partial charge is 0.368 e. The molecule has 0 aliphatic rings. The van der Waals surface area contributed by atoms with Gasteiger partial charge in [0.25, 0.3) is 0 Å². The summed E-state index contributed by atoms with van der Waals surface area (Å²) in [5, 5.41) is 14.0. The Bertz CT molecular complexity index is 710. The van der Waals surface area contributed by atoms with Gasteiger partial charge in [-0.05, 0) is 25.1 Å². The Morgan fingerprint density at radius 1 is 1.10 bits per heavy atom. The minimum Gasteiger partial charge on any atom is -0.368 e. The van der Waals surface area contributed by atoms with Crippen LogP contribution in [0.15, 0.2) is 24.3 Å². The van der Waals surface area contributed by atoms with Gasteiger partial charge in [-0.1, -0.05) is 0 Å². The Labute approximate surface area is 119 Å². The topological polar surface area (TPSA) is 60.7 Å². The Morgan fingerprint density at radius 2 is 1.81 bits per heavy atom. The van der Waals surface area contributed by atoms with E-state index in [0.29, 0.717) is 12.6 Å². The summed E-state index contributed by atoms with van der Waals surface area (Å²) in [7, 11) is 0. The highest BCUT2D eigenvalue weighted by Gasteiger charge is 2.12. The fourth-order valence-electron chi connectivity index (χ4n) is 1.67. The van der Waals surface area contributed by atoms with Crippen LogP contribution in [-0.2, 0) is 0 Å². The van der Waals surface area contributed by atoms with Crippen LogP contribution >= 0.6 is 0 Å². The Balaban J connectivity index is 2.35. The smallest absolute Gasteiger partial charge is 0.169 e. The Kier molecular flexibility index (Phi) is 4.28. The third-order valence-electron chi connectivity index (χ3n) is 2.62. The molecule has 4 nitrogen and oxygen atoms in total. The van der Waals surface area contributed by atoms with Gasteiger partial charge in [-0.3, -0.25) is 0 Å². The van der Waals surface area contributed by atoms with E-state index in [4.69, 9.17) is 5.26 Å². The van der Waals surface area contributed by atoms with Crippen LogP contribution in [0.2, 0.25) is 0 Å². The highest BCUT2D eigenvalue weighted by Crippen LogP contribution is 2.23. The van der Waals surface area contributed by atoms with Crippen molar-refractivity contribution in [2.45, 2.75) is 6.92 Å². The Hall–Kier alpha value is -2.75. The number of pyridine rings is 1. The lowest BCUT2D eigenvalue weighted by Crippen LogP contribution is -2.06. The number of benzene rings is 1. The predicted octanol–water partition coefficient (Wildman–Crippen LogP) is 3.55. The van der Waals surface area contributed by atoms with Crippen molar-refractivity contribution in [3.63, 3.8) is 0 Å². The van der Waals surface area contributed by atoms with Gasteiger partial charge in [-0.2, -0.15) is 5.26 Å². The second-order valence-electron chi connectivity index (χ2n) is 4.11. The molecular formula is C14H11F3N4. The number of anilines is 3. The summed E-state index contributed by atoms with van der Waals surface area (Å²) in [5.41, 5.74) is 0.0860. The van der Waals surface area contributed by atoms with Crippen molar-refractivity contribution in [1.29, 1.82) is 5.26 Å². The first kappa shape index (κ1) is 14.7. The van der Waals surface area contributed by atoms with Crippen LogP contribution in [0, 0.1) is 28.8 Å². The van der Waals surface area contributed by atoms with Crippen LogP contribution in [0.1, 0.15) is 12.5 Å². The maximum Gasteiger partial charge on any atom is 0.169 e. The Morgan fingerprint density at radius 3 is 2.48 bits per heavy atom. The van der Waals surface area contributed by atoms with Crippen molar-refractivity contribution in [2.24, 2.45) is 0 Å². The molecule has 0 atom stereocenters. The zero-order chi connectivity index (χ0) is 15.4. The summed E-state index contributed by atoms with van der Waals surface area (Å²) < 4.78 is 40.3. The number of aromatic nitrogens is 1. The van der Waals surface area contributed by atoms with Gasteiger partial charge in [0.15, 0.2) is 23.3 Å². The zero-order valence-corrected chi connectivity index (χ0v) is 11.0. The summed E-state index contributed by atoms with van der Waals surface area (Å²) in [4.78, 5) is 3.79. The zero-order valence-electron chi connectivity index (χ0n) is 11.0. The summed E-state index contributed by atoms with van der Waals surface area (Å²) in [6.07, 6.45) is 0. The van der Waals surface area contributed by atoms with Crippen LogP contribution in [0.3, 0.4) is 0 Å². The maximum atomic E-state index is 13.7. The molecule has 108 valence electrons. The highest BCUT2D eigenvalue weighted by molar-refractivity contribution is 5.61. The van der Waals surface area contributed by atoms with E-state index in [1.807, 2.05) is 0 Å². The molecule has 0 saturated heterocycles. The molecule has 2 N–H and O–H groups in total. The van der Waals surface area contributed by atoms with Crippen LogP contribution < -0.4 is 10.6 Å². The van der Waals surface area contributed by atoms with Crippen LogP contribution in [0.5, 0.6) is 0 Å². The van der Waals surface area contributed by atoms with Crippen molar-refractivity contribution in [3.05, 3.63) is 47.3 Å². The van der Waals surface area contributed by atoms with Crippen molar-refractivity contribution < 1.29 is 13.2 Å². The maximum absolute atomic E-state index is 13.7. The van der Waals surface area contributed by atoms with Gasteiger partial charge in [-0.25, -0.2) is 18.2 Å². The molecule has 0 radical (unpaired) electrons. The van der Waals surface area contributed by atoms with E-state index in [1.165, 1.54) is 12.1 Å². The van der Waals surface area contributed by atoms with Gasteiger partial charge in [0, 0.05) is 18.3 Å². The fourth-order valence-corrected chi connectivity index (χ4v) is 1.67. The average Bonchev–Trinajstić information content (AvgIpc) is 2.46. The van der Waals surface area contributed by atoms with E-state index >= 15 is 0 Å².